The molecule has 3 heteroatoms. The third-order valence-corrected chi connectivity index (χ3v) is 3.31. The lowest BCUT2D eigenvalue weighted by Crippen LogP contribution is -2.25. The van der Waals surface area contributed by atoms with Crippen molar-refractivity contribution in [3.8, 4) is 0 Å². The molecule has 1 unspecified atom stereocenters. The van der Waals surface area contributed by atoms with Gasteiger partial charge in [-0.2, -0.15) is 0 Å². The van der Waals surface area contributed by atoms with E-state index in [1.54, 1.807) is 7.05 Å². The minimum atomic E-state index is -0.281. The van der Waals surface area contributed by atoms with Gasteiger partial charge in [0.05, 0.1) is 5.92 Å². The van der Waals surface area contributed by atoms with Gasteiger partial charge in [-0.05, 0) is 30.5 Å². The SMILES string of the molecule is Cc1ccc(C2CC(=O)N(C)C2=O)cc1C. The zero-order valence-corrected chi connectivity index (χ0v) is 9.78. The number of likely N-dealkylation sites (N-methyl/N-ethyl adjacent to an activating group) is 1. The van der Waals surface area contributed by atoms with Crippen molar-refractivity contribution < 1.29 is 9.59 Å². The number of nitrogens with zero attached hydrogens (tertiary/aromatic N) is 1. The molecule has 0 spiro atoms. The summed E-state index contributed by atoms with van der Waals surface area (Å²) in [5.74, 6) is -0.460. The van der Waals surface area contributed by atoms with Crippen LogP contribution < -0.4 is 0 Å². The van der Waals surface area contributed by atoms with E-state index in [0.717, 1.165) is 11.1 Å². The molecular formula is C13H15NO2. The van der Waals surface area contributed by atoms with Gasteiger partial charge in [-0.25, -0.2) is 0 Å². The maximum atomic E-state index is 11.8. The number of benzene rings is 1. The van der Waals surface area contributed by atoms with Crippen LogP contribution in [0.3, 0.4) is 0 Å². The zero-order chi connectivity index (χ0) is 11.9. The largest absolute Gasteiger partial charge is 0.285 e. The summed E-state index contributed by atoms with van der Waals surface area (Å²) < 4.78 is 0. The van der Waals surface area contributed by atoms with Gasteiger partial charge in [-0.15, -0.1) is 0 Å². The Bertz CT molecular complexity index is 465. The van der Waals surface area contributed by atoms with E-state index in [4.69, 9.17) is 0 Å². The Morgan fingerprint density at radius 2 is 1.88 bits per heavy atom. The van der Waals surface area contributed by atoms with Gasteiger partial charge in [0, 0.05) is 13.5 Å². The first-order chi connectivity index (χ1) is 7.50. The van der Waals surface area contributed by atoms with Gasteiger partial charge in [0.25, 0.3) is 0 Å². The molecule has 1 saturated heterocycles. The molecule has 1 atom stereocenters. The van der Waals surface area contributed by atoms with Crippen LogP contribution >= 0.6 is 0 Å². The maximum absolute atomic E-state index is 11.8. The average Bonchev–Trinajstić information content (AvgIpc) is 2.50. The number of amides is 2. The summed E-state index contributed by atoms with van der Waals surface area (Å²) in [6.45, 7) is 4.05. The van der Waals surface area contributed by atoms with E-state index in [1.807, 2.05) is 32.0 Å². The second-order valence-corrected chi connectivity index (χ2v) is 4.39. The van der Waals surface area contributed by atoms with Crippen molar-refractivity contribution in [1.82, 2.24) is 4.90 Å². The quantitative estimate of drug-likeness (QED) is 0.672. The fourth-order valence-corrected chi connectivity index (χ4v) is 2.00. The fraction of sp³-hybridized carbons (Fsp3) is 0.385. The van der Waals surface area contributed by atoms with Crippen LogP contribution in [0.25, 0.3) is 0 Å². The Morgan fingerprint density at radius 1 is 1.19 bits per heavy atom. The van der Waals surface area contributed by atoms with Crippen LogP contribution in [-0.4, -0.2) is 23.8 Å². The van der Waals surface area contributed by atoms with Crippen molar-refractivity contribution in [3.05, 3.63) is 34.9 Å². The zero-order valence-electron chi connectivity index (χ0n) is 9.78. The number of aryl methyl sites for hydroxylation is 2. The second-order valence-electron chi connectivity index (χ2n) is 4.39. The maximum Gasteiger partial charge on any atom is 0.236 e. The number of hydrogen-bond donors (Lipinski definition) is 0. The second kappa shape index (κ2) is 3.74. The van der Waals surface area contributed by atoms with Crippen LogP contribution in [0, 0.1) is 13.8 Å². The van der Waals surface area contributed by atoms with Crippen molar-refractivity contribution in [3.63, 3.8) is 0 Å². The van der Waals surface area contributed by atoms with Crippen LogP contribution in [0.1, 0.15) is 29.0 Å². The highest BCUT2D eigenvalue weighted by Crippen LogP contribution is 2.29. The standard InChI is InChI=1S/C13H15NO2/c1-8-4-5-10(6-9(8)2)11-7-12(15)14(3)13(11)16/h4-6,11H,7H2,1-3H3. The molecule has 1 aromatic carbocycles. The summed E-state index contributed by atoms with van der Waals surface area (Å²) in [6.07, 6.45) is 0.303. The minimum absolute atomic E-state index is 0.0896. The van der Waals surface area contributed by atoms with Crippen molar-refractivity contribution in [2.75, 3.05) is 7.05 Å². The monoisotopic (exact) mass is 217 g/mol. The summed E-state index contributed by atoms with van der Waals surface area (Å²) in [5.41, 5.74) is 3.31. The van der Waals surface area contributed by atoms with Crippen molar-refractivity contribution in [2.24, 2.45) is 0 Å². The van der Waals surface area contributed by atoms with Gasteiger partial charge in [0.15, 0.2) is 0 Å². The molecule has 0 saturated carbocycles. The Kier molecular flexibility index (Phi) is 2.54. The van der Waals surface area contributed by atoms with E-state index in [-0.39, 0.29) is 17.7 Å². The minimum Gasteiger partial charge on any atom is -0.285 e. The Balaban J connectivity index is 2.35. The van der Waals surface area contributed by atoms with Crippen molar-refractivity contribution >= 4 is 11.8 Å². The third-order valence-electron chi connectivity index (χ3n) is 3.31. The van der Waals surface area contributed by atoms with Crippen LogP contribution in [0.5, 0.6) is 0 Å². The van der Waals surface area contributed by atoms with Crippen LogP contribution in [0.4, 0.5) is 0 Å². The van der Waals surface area contributed by atoms with Gasteiger partial charge in [0.1, 0.15) is 0 Å². The predicted octanol–water partition coefficient (Wildman–Crippen LogP) is 1.78. The lowest BCUT2D eigenvalue weighted by Gasteiger charge is -2.10. The number of imide groups is 1. The molecule has 0 aromatic heterocycles. The van der Waals surface area contributed by atoms with E-state index < -0.39 is 0 Å². The summed E-state index contributed by atoms with van der Waals surface area (Å²) in [6, 6.07) is 5.95. The fourth-order valence-electron chi connectivity index (χ4n) is 2.00. The van der Waals surface area contributed by atoms with Crippen LogP contribution in [0.15, 0.2) is 18.2 Å². The molecule has 0 N–H and O–H groups in total. The normalized spacial score (nSPS) is 20.7. The van der Waals surface area contributed by atoms with Crippen LogP contribution in [-0.2, 0) is 9.59 Å². The molecule has 1 aliphatic rings. The first-order valence-corrected chi connectivity index (χ1v) is 5.38. The lowest BCUT2D eigenvalue weighted by molar-refractivity contribution is -0.137. The highest BCUT2D eigenvalue weighted by Gasteiger charge is 2.36. The molecule has 1 aromatic rings. The van der Waals surface area contributed by atoms with Gasteiger partial charge in [-0.3, -0.25) is 14.5 Å². The van der Waals surface area contributed by atoms with Gasteiger partial charge in [0.2, 0.25) is 11.8 Å². The molecule has 2 amide bonds. The van der Waals surface area contributed by atoms with Crippen molar-refractivity contribution in [2.45, 2.75) is 26.2 Å². The molecule has 1 fully saturated rings. The Morgan fingerprint density at radius 3 is 2.38 bits per heavy atom. The van der Waals surface area contributed by atoms with Crippen molar-refractivity contribution in [1.29, 1.82) is 0 Å². The molecule has 0 aliphatic carbocycles. The number of rotatable bonds is 1. The molecule has 16 heavy (non-hydrogen) atoms. The van der Waals surface area contributed by atoms with E-state index in [9.17, 15) is 9.59 Å². The summed E-state index contributed by atoms with van der Waals surface area (Å²) >= 11 is 0. The van der Waals surface area contributed by atoms with E-state index in [1.165, 1.54) is 10.5 Å². The molecule has 0 radical (unpaired) electrons. The smallest absolute Gasteiger partial charge is 0.236 e. The third kappa shape index (κ3) is 1.62. The number of carbonyl (C=O) groups excluding carboxylic acids is 2. The van der Waals surface area contributed by atoms with E-state index in [2.05, 4.69) is 0 Å². The number of carbonyl (C=O) groups is 2. The summed E-state index contributed by atoms with van der Waals surface area (Å²) in [7, 11) is 1.55. The summed E-state index contributed by atoms with van der Waals surface area (Å²) in [5, 5.41) is 0. The van der Waals surface area contributed by atoms with Gasteiger partial charge < -0.3 is 0 Å². The number of likely N-dealkylation sites (tertiary alicyclic amines) is 1. The molecular weight excluding hydrogens is 202 g/mol. The van der Waals surface area contributed by atoms with E-state index in [0.29, 0.717) is 6.42 Å². The lowest BCUT2D eigenvalue weighted by atomic mass is 9.94. The highest BCUT2D eigenvalue weighted by atomic mass is 16.2. The average molecular weight is 217 g/mol. The van der Waals surface area contributed by atoms with Gasteiger partial charge >= 0.3 is 0 Å². The first kappa shape index (κ1) is 10.9. The molecule has 1 heterocycles. The molecule has 1 aliphatic heterocycles. The molecule has 3 nitrogen and oxygen atoms in total. The highest BCUT2D eigenvalue weighted by molar-refractivity contribution is 6.05. The summed E-state index contributed by atoms with van der Waals surface area (Å²) in [4.78, 5) is 24.5. The topological polar surface area (TPSA) is 37.4 Å². The molecule has 2 rings (SSSR count). The Hall–Kier alpha value is -1.64. The van der Waals surface area contributed by atoms with Crippen LogP contribution in [0.2, 0.25) is 0 Å². The Labute approximate surface area is 95.1 Å². The first-order valence-electron chi connectivity index (χ1n) is 5.38. The predicted molar refractivity (Wildman–Crippen MR) is 61.1 cm³/mol. The molecule has 0 bridgehead atoms. The van der Waals surface area contributed by atoms with E-state index >= 15 is 0 Å². The molecule has 84 valence electrons. The number of hydrogen-bond acceptors (Lipinski definition) is 2. The van der Waals surface area contributed by atoms with Gasteiger partial charge in [-0.1, -0.05) is 18.2 Å².